The number of nitrogens with zero attached hydrogens (tertiary/aromatic N) is 1. The molecule has 3 rings (SSSR count). The molecule has 6 nitrogen and oxygen atoms in total. The maximum absolute atomic E-state index is 12.6. The van der Waals surface area contributed by atoms with E-state index < -0.39 is 17.7 Å². The van der Waals surface area contributed by atoms with Gasteiger partial charge in [0.25, 0.3) is 6.47 Å². The maximum atomic E-state index is 12.6. The molecule has 0 N–H and O–H groups in total. The number of hydrogen-bond acceptors (Lipinski definition) is 5. The molecule has 1 fully saturated rings. The van der Waals surface area contributed by atoms with Crippen molar-refractivity contribution in [3.8, 4) is 5.75 Å². The van der Waals surface area contributed by atoms with Crippen LogP contribution in [0.15, 0.2) is 18.2 Å². The summed E-state index contributed by atoms with van der Waals surface area (Å²) in [5, 5.41) is 0. The molecule has 2 aliphatic rings. The van der Waals surface area contributed by atoms with E-state index in [1.807, 2.05) is 13.8 Å². The maximum Gasteiger partial charge on any atom is 0.293 e. The number of piperidine rings is 1. The Morgan fingerprint density at radius 2 is 2.12 bits per heavy atom. The van der Waals surface area contributed by atoms with E-state index in [4.69, 9.17) is 9.47 Å². The van der Waals surface area contributed by atoms with Crippen LogP contribution >= 0.6 is 0 Å². The molecule has 0 radical (unpaired) electrons. The van der Waals surface area contributed by atoms with Crippen LogP contribution in [0.2, 0.25) is 0 Å². The number of carbonyl (C=O) groups excluding carboxylic acids is 3. The summed E-state index contributed by atoms with van der Waals surface area (Å²) in [6.45, 7) is 6.17. The number of benzene rings is 1. The van der Waals surface area contributed by atoms with E-state index in [-0.39, 0.29) is 11.7 Å². The van der Waals surface area contributed by atoms with Crippen molar-refractivity contribution in [2.75, 3.05) is 6.54 Å². The van der Waals surface area contributed by atoms with E-state index in [0.717, 1.165) is 12.8 Å². The molecule has 1 saturated heterocycles. The van der Waals surface area contributed by atoms with Crippen molar-refractivity contribution < 1.29 is 23.9 Å². The van der Waals surface area contributed by atoms with E-state index in [2.05, 4.69) is 0 Å². The van der Waals surface area contributed by atoms with Gasteiger partial charge < -0.3 is 14.4 Å². The lowest BCUT2D eigenvalue weighted by molar-refractivity contribution is -0.164. The molecule has 0 aliphatic carbocycles. The lowest BCUT2D eigenvalue weighted by atomic mass is 9.83. The smallest absolute Gasteiger partial charge is 0.293 e. The fourth-order valence-electron chi connectivity index (χ4n) is 3.73. The minimum absolute atomic E-state index is 0.0348. The van der Waals surface area contributed by atoms with Crippen molar-refractivity contribution in [2.45, 2.75) is 57.8 Å². The van der Waals surface area contributed by atoms with Gasteiger partial charge >= 0.3 is 0 Å². The Labute approximate surface area is 147 Å². The van der Waals surface area contributed by atoms with Crippen LogP contribution in [0.3, 0.4) is 0 Å². The van der Waals surface area contributed by atoms with Crippen LogP contribution in [-0.2, 0) is 14.3 Å². The van der Waals surface area contributed by atoms with E-state index in [0.29, 0.717) is 36.3 Å². The first-order chi connectivity index (χ1) is 11.8. The molecular formula is C19H23NO5. The average Bonchev–Trinajstić information content (AvgIpc) is 2.56. The molecule has 1 aromatic rings. The number of likely N-dealkylation sites (tertiary alicyclic amines) is 1. The van der Waals surface area contributed by atoms with E-state index in [1.165, 1.54) is 6.92 Å². The highest BCUT2D eigenvalue weighted by molar-refractivity contribution is 5.94. The molecule has 2 atom stereocenters. The third kappa shape index (κ3) is 3.13. The average molecular weight is 345 g/mol. The third-order valence-corrected chi connectivity index (χ3v) is 4.98. The summed E-state index contributed by atoms with van der Waals surface area (Å²) in [5.74, 6) is 0.584. The summed E-state index contributed by atoms with van der Waals surface area (Å²) in [5.41, 5.74) is 0.462. The minimum atomic E-state index is -0.798. The van der Waals surface area contributed by atoms with Gasteiger partial charge in [0.1, 0.15) is 17.4 Å². The van der Waals surface area contributed by atoms with Crippen molar-refractivity contribution in [1.82, 2.24) is 4.90 Å². The number of ether oxygens (including phenoxy) is 2. The molecule has 0 unspecified atom stereocenters. The second-order valence-electron chi connectivity index (χ2n) is 7.16. The van der Waals surface area contributed by atoms with Crippen molar-refractivity contribution in [3.05, 3.63) is 29.3 Å². The van der Waals surface area contributed by atoms with Gasteiger partial charge in [-0.25, -0.2) is 0 Å². The molecule has 134 valence electrons. The fourth-order valence-corrected chi connectivity index (χ4v) is 3.73. The topological polar surface area (TPSA) is 72.9 Å². The number of rotatable bonds is 4. The Morgan fingerprint density at radius 3 is 2.76 bits per heavy atom. The standard InChI is InChI=1S/C19H23NO5/c1-12(22)13-7-8-15-14(10-13)17(20-9-5-4-6-16(20)23)18(24-11-21)19(2,3)25-15/h7-8,10-11,17-18H,4-6,9H2,1-3H3/t17-,18+/m1/s1. The molecule has 6 heteroatoms. The Kier molecular flexibility index (Phi) is 4.54. The van der Waals surface area contributed by atoms with E-state index >= 15 is 0 Å². The zero-order valence-electron chi connectivity index (χ0n) is 14.8. The number of carbonyl (C=O) groups is 3. The van der Waals surface area contributed by atoms with Gasteiger partial charge in [-0.15, -0.1) is 0 Å². The van der Waals surface area contributed by atoms with E-state index in [1.54, 1.807) is 23.1 Å². The van der Waals surface area contributed by atoms with Crippen LogP contribution in [0, 0.1) is 0 Å². The number of ketones is 1. The second-order valence-corrected chi connectivity index (χ2v) is 7.16. The second kappa shape index (κ2) is 6.50. The van der Waals surface area contributed by atoms with Gasteiger partial charge in [-0.3, -0.25) is 14.4 Å². The molecule has 0 bridgehead atoms. The van der Waals surface area contributed by atoms with Gasteiger partial charge in [-0.05, 0) is 51.8 Å². The number of Topliss-reactive ketones (excluding diaryl/α,β-unsaturated/α-hetero) is 1. The predicted octanol–water partition coefficient (Wildman–Crippen LogP) is 2.66. The van der Waals surface area contributed by atoms with Crippen LogP contribution in [0.1, 0.15) is 62.0 Å². The Balaban J connectivity index is 2.14. The molecular weight excluding hydrogens is 322 g/mol. The summed E-state index contributed by atoms with van der Waals surface area (Å²) in [7, 11) is 0. The molecule has 0 aromatic heterocycles. The molecule has 1 amide bonds. The van der Waals surface area contributed by atoms with Gasteiger partial charge in [0.15, 0.2) is 11.9 Å². The quantitative estimate of drug-likeness (QED) is 0.620. The van der Waals surface area contributed by atoms with Crippen molar-refractivity contribution in [1.29, 1.82) is 0 Å². The largest absolute Gasteiger partial charge is 0.484 e. The van der Waals surface area contributed by atoms with Crippen molar-refractivity contribution in [2.24, 2.45) is 0 Å². The molecule has 2 heterocycles. The summed E-state index contributed by atoms with van der Waals surface area (Å²) in [6.07, 6.45) is 1.59. The number of fused-ring (bicyclic) bond motifs is 1. The molecule has 1 aromatic carbocycles. The van der Waals surface area contributed by atoms with Crippen molar-refractivity contribution in [3.63, 3.8) is 0 Å². The fraction of sp³-hybridized carbons (Fsp3) is 0.526. The molecule has 0 spiro atoms. The van der Waals surface area contributed by atoms with Crippen LogP contribution in [0.5, 0.6) is 5.75 Å². The number of hydrogen-bond donors (Lipinski definition) is 0. The molecule has 0 saturated carbocycles. The zero-order chi connectivity index (χ0) is 18.2. The Morgan fingerprint density at radius 1 is 1.36 bits per heavy atom. The Hall–Kier alpha value is -2.37. The monoisotopic (exact) mass is 345 g/mol. The highest BCUT2D eigenvalue weighted by atomic mass is 16.6. The molecule has 2 aliphatic heterocycles. The van der Waals surface area contributed by atoms with Gasteiger partial charge in [-0.2, -0.15) is 0 Å². The van der Waals surface area contributed by atoms with Gasteiger partial charge in [0.05, 0.1) is 0 Å². The first-order valence-electron chi connectivity index (χ1n) is 8.57. The number of amides is 1. The summed E-state index contributed by atoms with van der Waals surface area (Å²) < 4.78 is 11.4. The summed E-state index contributed by atoms with van der Waals surface area (Å²) in [6, 6.07) is 4.76. The van der Waals surface area contributed by atoms with Crippen LogP contribution in [0.4, 0.5) is 0 Å². The summed E-state index contributed by atoms with van der Waals surface area (Å²) >= 11 is 0. The van der Waals surface area contributed by atoms with Gasteiger partial charge in [0, 0.05) is 24.1 Å². The SMILES string of the molecule is CC(=O)c1ccc2c(c1)[C@@H](N1CCCCC1=O)[C@H](OC=O)C(C)(C)O2. The van der Waals surface area contributed by atoms with Crippen LogP contribution in [-0.4, -0.2) is 41.3 Å². The van der Waals surface area contributed by atoms with Gasteiger partial charge in [0.2, 0.25) is 5.91 Å². The first kappa shape index (κ1) is 17.5. The zero-order valence-corrected chi connectivity index (χ0v) is 14.8. The molecule has 25 heavy (non-hydrogen) atoms. The highest BCUT2D eigenvalue weighted by Gasteiger charge is 2.49. The van der Waals surface area contributed by atoms with Crippen molar-refractivity contribution >= 4 is 18.2 Å². The van der Waals surface area contributed by atoms with Gasteiger partial charge in [-0.1, -0.05) is 0 Å². The third-order valence-electron chi connectivity index (χ3n) is 4.98. The predicted molar refractivity (Wildman–Crippen MR) is 90.4 cm³/mol. The van der Waals surface area contributed by atoms with Crippen LogP contribution < -0.4 is 4.74 Å². The first-order valence-corrected chi connectivity index (χ1v) is 8.57. The lowest BCUT2D eigenvalue weighted by Crippen LogP contribution is -2.56. The minimum Gasteiger partial charge on any atom is -0.484 e. The highest BCUT2D eigenvalue weighted by Crippen LogP contribution is 2.45. The lowest BCUT2D eigenvalue weighted by Gasteiger charge is -2.48. The normalized spacial score (nSPS) is 24.9. The Bertz CT molecular complexity index is 712. The van der Waals surface area contributed by atoms with E-state index in [9.17, 15) is 14.4 Å². The van der Waals surface area contributed by atoms with Crippen LogP contribution in [0.25, 0.3) is 0 Å². The summed E-state index contributed by atoms with van der Waals surface area (Å²) in [4.78, 5) is 37.3.